The van der Waals surface area contributed by atoms with E-state index in [1.807, 2.05) is 44.2 Å². The number of phenols is 1. The standard InChI is InChI=1S/C27H35N3O5/c1-17(2)19(4)25(33)29-24(15-21-10-12-22(32)13-11-21)27(35)30-23(26(34)28-16-18(3)31)14-20-8-6-5-7-9-20/h5-13,17,19,23-24,32H,14-16H2,1-4H3,(H,28,34)(H,29,33)(H,30,35). The first-order valence-corrected chi connectivity index (χ1v) is 11.8. The predicted octanol–water partition coefficient (Wildman–Crippen LogP) is 2.14. The van der Waals surface area contributed by atoms with Crippen LogP contribution in [0.5, 0.6) is 5.75 Å². The number of amides is 3. The van der Waals surface area contributed by atoms with Gasteiger partial charge in [0.15, 0.2) is 0 Å². The van der Waals surface area contributed by atoms with Crippen LogP contribution in [-0.4, -0.2) is 47.2 Å². The first-order valence-electron chi connectivity index (χ1n) is 11.8. The molecule has 2 aromatic carbocycles. The molecule has 0 aliphatic heterocycles. The fraction of sp³-hybridized carbons (Fsp3) is 0.407. The van der Waals surface area contributed by atoms with E-state index >= 15 is 0 Å². The number of Topliss-reactive ketones (excluding diaryl/α,β-unsaturated/α-hetero) is 1. The topological polar surface area (TPSA) is 125 Å². The lowest BCUT2D eigenvalue weighted by Crippen LogP contribution is -2.56. The first kappa shape index (κ1) is 27.6. The summed E-state index contributed by atoms with van der Waals surface area (Å²) < 4.78 is 0. The molecule has 3 atom stereocenters. The van der Waals surface area contributed by atoms with Gasteiger partial charge in [-0.1, -0.05) is 63.2 Å². The van der Waals surface area contributed by atoms with E-state index in [2.05, 4.69) is 16.0 Å². The third-order valence-corrected chi connectivity index (χ3v) is 5.85. The van der Waals surface area contributed by atoms with Gasteiger partial charge in [0.1, 0.15) is 23.6 Å². The maximum atomic E-state index is 13.4. The van der Waals surface area contributed by atoms with Gasteiger partial charge in [0, 0.05) is 18.8 Å². The third-order valence-electron chi connectivity index (χ3n) is 5.85. The van der Waals surface area contributed by atoms with Gasteiger partial charge in [0.2, 0.25) is 17.7 Å². The van der Waals surface area contributed by atoms with Crippen LogP contribution in [0.15, 0.2) is 54.6 Å². The zero-order valence-corrected chi connectivity index (χ0v) is 20.7. The number of ketones is 1. The highest BCUT2D eigenvalue weighted by atomic mass is 16.3. The molecule has 0 radical (unpaired) electrons. The van der Waals surface area contributed by atoms with Crippen LogP contribution in [0.2, 0.25) is 0 Å². The summed E-state index contributed by atoms with van der Waals surface area (Å²) in [7, 11) is 0. The van der Waals surface area contributed by atoms with Crippen molar-refractivity contribution in [3.05, 3.63) is 65.7 Å². The van der Waals surface area contributed by atoms with Gasteiger partial charge in [0.25, 0.3) is 0 Å². The Morgan fingerprint density at radius 1 is 0.743 bits per heavy atom. The van der Waals surface area contributed by atoms with E-state index in [0.29, 0.717) is 0 Å². The quantitative estimate of drug-likeness (QED) is 0.370. The summed E-state index contributed by atoms with van der Waals surface area (Å²) in [6, 6.07) is 13.7. The number of benzene rings is 2. The highest BCUT2D eigenvalue weighted by molar-refractivity contribution is 5.94. The van der Waals surface area contributed by atoms with E-state index in [1.165, 1.54) is 19.1 Å². The van der Waals surface area contributed by atoms with Gasteiger partial charge in [-0.2, -0.15) is 0 Å². The van der Waals surface area contributed by atoms with E-state index in [0.717, 1.165) is 11.1 Å². The van der Waals surface area contributed by atoms with Crippen molar-refractivity contribution in [3.8, 4) is 5.75 Å². The summed E-state index contributed by atoms with van der Waals surface area (Å²) in [5.74, 6) is -1.61. The Labute approximate surface area is 206 Å². The van der Waals surface area contributed by atoms with Crippen LogP contribution in [-0.2, 0) is 32.0 Å². The molecular formula is C27H35N3O5. The maximum Gasteiger partial charge on any atom is 0.243 e. The fourth-order valence-electron chi connectivity index (χ4n) is 3.35. The molecule has 2 rings (SSSR count). The normalized spacial score (nSPS) is 13.4. The number of nitrogens with one attached hydrogen (secondary N) is 3. The molecule has 188 valence electrons. The van der Waals surface area contributed by atoms with Gasteiger partial charge in [-0.05, 0) is 36.1 Å². The van der Waals surface area contributed by atoms with Crippen LogP contribution in [0.1, 0.15) is 38.8 Å². The molecule has 0 aliphatic rings. The second-order valence-corrected chi connectivity index (χ2v) is 9.14. The van der Waals surface area contributed by atoms with Gasteiger partial charge in [-0.3, -0.25) is 19.2 Å². The Hall–Kier alpha value is -3.68. The van der Waals surface area contributed by atoms with Gasteiger partial charge in [-0.25, -0.2) is 0 Å². The summed E-state index contributed by atoms with van der Waals surface area (Å²) in [5.41, 5.74) is 1.57. The van der Waals surface area contributed by atoms with Crippen molar-refractivity contribution in [3.63, 3.8) is 0 Å². The number of phenolic OH excluding ortho intramolecular Hbond substituents is 1. The van der Waals surface area contributed by atoms with E-state index < -0.39 is 23.9 Å². The molecule has 3 unspecified atom stereocenters. The predicted molar refractivity (Wildman–Crippen MR) is 134 cm³/mol. The molecule has 0 heterocycles. The molecule has 2 aromatic rings. The summed E-state index contributed by atoms with van der Waals surface area (Å²) >= 11 is 0. The smallest absolute Gasteiger partial charge is 0.243 e. The average molecular weight is 482 g/mol. The van der Waals surface area contributed by atoms with Crippen LogP contribution in [0, 0.1) is 11.8 Å². The molecule has 8 nitrogen and oxygen atoms in total. The minimum absolute atomic E-state index is 0.0792. The molecular weight excluding hydrogens is 446 g/mol. The highest BCUT2D eigenvalue weighted by Crippen LogP contribution is 2.14. The average Bonchev–Trinajstić information content (AvgIpc) is 2.82. The zero-order valence-electron chi connectivity index (χ0n) is 20.7. The number of hydrogen-bond donors (Lipinski definition) is 4. The SMILES string of the molecule is CC(=O)CNC(=O)C(Cc1ccccc1)NC(=O)C(Cc1ccc(O)cc1)NC(=O)C(C)C(C)C. The van der Waals surface area contributed by atoms with Crippen LogP contribution in [0.3, 0.4) is 0 Å². The summed E-state index contributed by atoms with van der Waals surface area (Å²) in [6.07, 6.45) is 0.397. The second kappa shape index (κ2) is 13.3. The second-order valence-electron chi connectivity index (χ2n) is 9.14. The third kappa shape index (κ3) is 9.23. The molecule has 35 heavy (non-hydrogen) atoms. The fourth-order valence-corrected chi connectivity index (χ4v) is 3.35. The van der Waals surface area contributed by atoms with Crippen molar-refractivity contribution < 1.29 is 24.3 Å². The molecule has 8 heteroatoms. The monoisotopic (exact) mass is 481 g/mol. The van der Waals surface area contributed by atoms with Crippen molar-refractivity contribution in [2.45, 2.75) is 52.6 Å². The van der Waals surface area contributed by atoms with Crippen LogP contribution in [0.25, 0.3) is 0 Å². The number of rotatable bonds is 12. The minimum atomic E-state index is -0.939. The van der Waals surface area contributed by atoms with Crippen molar-refractivity contribution >= 4 is 23.5 Å². The van der Waals surface area contributed by atoms with E-state index in [-0.39, 0.29) is 48.7 Å². The van der Waals surface area contributed by atoms with E-state index in [4.69, 9.17) is 0 Å². The molecule has 0 fully saturated rings. The van der Waals surface area contributed by atoms with Crippen LogP contribution in [0.4, 0.5) is 0 Å². The summed E-state index contributed by atoms with van der Waals surface area (Å²) in [4.78, 5) is 50.3. The largest absolute Gasteiger partial charge is 0.508 e. The molecule has 0 aromatic heterocycles. The van der Waals surface area contributed by atoms with Crippen LogP contribution < -0.4 is 16.0 Å². The lowest BCUT2D eigenvalue weighted by Gasteiger charge is -2.25. The lowest BCUT2D eigenvalue weighted by molar-refractivity contribution is -0.133. The van der Waals surface area contributed by atoms with Gasteiger partial charge in [0.05, 0.1) is 6.54 Å². The van der Waals surface area contributed by atoms with E-state index in [1.54, 1.807) is 19.1 Å². The Bertz CT molecular complexity index is 1010. The minimum Gasteiger partial charge on any atom is -0.508 e. The van der Waals surface area contributed by atoms with Crippen molar-refractivity contribution in [2.75, 3.05) is 6.54 Å². The highest BCUT2D eigenvalue weighted by Gasteiger charge is 2.29. The Morgan fingerprint density at radius 3 is 1.80 bits per heavy atom. The number of carbonyl (C=O) groups is 4. The van der Waals surface area contributed by atoms with Crippen molar-refractivity contribution in [2.24, 2.45) is 11.8 Å². The first-order chi connectivity index (χ1) is 16.6. The lowest BCUT2D eigenvalue weighted by atomic mass is 9.96. The molecule has 3 amide bonds. The molecule has 0 saturated carbocycles. The number of aromatic hydroxyl groups is 1. The number of carbonyl (C=O) groups excluding carboxylic acids is 4. The summed E-state index contributed by atoms with van der Waals surface area (Å²) in [6.45, 7) is 6.87. The van der Waals surface area contributed by atoms with Crippen LogP contribution >= 0.6 is 0 Å². The Kier molecular flexibility index (Phi) is 10.5. The number of hydrogen-bond acceptors (Lipinski definition) is 5. The Balaban J connectivity index is 2.25. The summed E-state index contributed by atoms with van der Waals surface area (Å²) in [5, 5.41) is 17.7. The molecule has 0 aliphatic carbocycles. The van der Waals surface area contributed by atoms with Gasteiger partial charge in [-0.15, -0.1) is 0 Å². The van der Waals surface area contributed by atoms with Crippen molar-refractivity contribution in [1.82, 2.24) is 16.0 Å². The maximum absolute atomic E-state index is 13.4. The van der Waals surface area contributed by atoms with E-state index in [9.17, 15) is 24.3 Å². The Morgan fingerprint density at radius 2 is 1.26 bits per heavy atom. The molecule has 0 spiro atoms. The molecule has 0 saturated heterocycles. The zero-order chi connectivity index (χ0) is 26.0. The van der Waals surface area contributed by atoms with Gasteiger partial charge >= 0.3 is 0 Å². The molecule has 4 N–H and O–H groups in total. The molecule has 0 bridgehead atoms. The van der Waals surface area contributed by atoms with Gasteiger partial charge < -0.3 is 21.1 Å². The van der Waals surface area contributed by atoms with Crippen molar-refractivity contribution in [1.29, 1.82) is 0 Å².